The number of carbonyl (C=O) groups excluding carboxylic acids is 1. The standard InChI is InChI=1S/C11H13NO/c1-7-3-9(6-12-5-7)11(13)10-4-8(10)2/h3,5-6,8,10H,4H2,1-2H3. The van der Waals surface area contributed by atoms with Gasteiger partial charge in [0.15, 0.2) is 5.78 Å². The molecule has 0 amide bonds. The number of aryl methyl sites for hydroxylation is 1. The zero-order valence-electron chi connectivity index (χ0n) is 7.95. The first-order chi connectivity index (χ1) is 6.18. The average molecular weight is 175 g/mol. The van der Waals surface area contributed by atoms with E-state index < -0.39 is 0 Å². The molecule has 0 aliphatic heterocycles. The van der Waals surface area contributed by atoms with Gasteiger partial charge in [-0.25, -0.2) is 0 Å². The molecule has 2 atom stereocenters. The number of pyridine rings is 1. The summed E-state index contributed by atoms with van der Waals surface area (Å²) >= 11 is 0. The van der Waals surface area contributed by atoms with Crippen molar-refractivity contribution >= 4 is 5.78 Å². The molecule has 0 spiro atoms. The van der Waals surface area contributed by atoms with Crippen LogP contribution in [0.5, 0.6) is 0 Å². The van der Waals surface area contributed by atoms with Crippen LogP contribution in [0.15, 0.2) is 18.5 Å². The maximum Gasteiger partial charge on any atom is 0.167 e. The first-order valence-electron chi connectivity index (χ1n) is 4.64. The number of ketones is 1. The normalized spacial score (nSPS) is 25.7. The average Bonchev–Trinajstić information content (AvgIpc) is 2.81. The first kappa shape index (κ1) is 8.42. The lowest BCUT2D eigenvalue weighted by Gasteiger charge is -1.99. The van der Waals surface area contributed by atoms with Gasteiger partial charge in [-0.05, 0) is 30.9 Å². The molecule has 1 heterocycles. The fourth-order valence-electron chi connectivity index (χ4n) is 1.59. The fourth-order valence-corrected chi connectivity index (χ4v) is 1.59. The van der Waals surface area contributed by atoms with Gasteiger partial charge in [-0.2, -0.15) is 0 Å². The van der Waals surface area contributed by atoms with Crippen molar-refractivity contribution in [2.24, 2.45) is 11.8 Å². The number of hydrogen-bond donors (Lipinski definition) is 0. The molecule has 0 aromatic carbocycles. The lowest BCUT2D eigenvalue weighted by molar-refractivity contribution is 0.0962. The van der Waals surface area contributed by atoms with Crippen LogP contribution < -0.4 is 0 Å². The van der Waals surface area contributed by atoms with Crippen molar-refractivity contribution in [1.82, 2.24) is 4.98 Å². The summed E-state index contributed by atoms with van der Waals surface area (Å²) in [7, 11) is 0. The zero-order valence-corrected chi connectivity index (χ0v) is 7.95. The number of carbonyl (C=O) groups is 1. The van der Waals surface area contributed by atoms with Crippen molar-refractivity contribution in [2.45, 2.75) is 20.3 Å². The summed E-state index contributed by atoms with van der Waals surface area (Å²) < 4.78 is 0. The Bertz CT molecular complexity index is 346. The smallest absolute Gasteiger partial charge is 0.167 e. The van der Waals surface area contributed by atoms with E-state index in [9.17, 15) is 4.79 Å². The maximum atomic E-state index is 11.7. The van der Waals surface area contributed by atoms with Crippen LogP contribution in [0.3, 0.4) is 0 Å². The van der Waals surface area contributed by atoms with Crippen LogP contribution in [0, 0.1) is 18.8 Å². The van der Waals surface area contributed by atoms with Crippen LogP contribution in [0.25, 0.3) is 0 Å². The predicted molar refractivity (Wildman–Crippen MR) is 50.6 cm³/mol. The number of Topliss-reactive ketones (excluding diaryl/α,β-unsaturated/α-hetero) is 1. The van der Waals surface area contributed by atoms with Crippen LogP contribution >= 0.6 is 0 Å². The monoisotopic (exact) mass is 175 g/mol. The largest absolute Gasteiger partial charge is 0.294 e. The topological polar surface area (TPSA) is 30.0 Å². The Hall–Kier alpha value is -1.18. The van der Waals surface area contributed by atoms with E-state index in [1.165, 1.54) is 0 Å². The van der Waals surface area contributed by atoms with E-state index in [0.717, 1.165) is 17.5 Å². The molecule has 68 valence electrons. The van der Waals surface area contributed by atoms with E-state index in [1.54, 1.807) is 12.4 Å². The number of aromatic nitrogens is 1. The molecule has 1 aliphatic carbocycles. The van der Waals surface area contributed by atoms with E-state index in [0.29, 0.717) is 5.92 Å². The van der Waals surface area contributed by atoms with Gasteiger partial charge in [0.25, 0.3) is 0 Å². The Morgan fingerprint density at radius 1 is 1.54 bits per heavy atom. The molecule has 0 saturated heterocycles. The van der Waals surface area contributed by atoms with E-state index >= 15 is 0 Å². The number of rotatable bonds is 2. The van der Waals surface area contributed by atoms with Gasteiger partial charge in [-0.15, -0.1) is 0 Å². The second kappa shape index (κ2) is 2.95. The Balaban J connectivity index is 2.21. The minimum atomic E-state index is 0.267. The van der Waals surface area contributed by atoms with Crippen LogP contribution in [-0.4, -0.2) is 10.8 Å². The molecule has 2 nitrogen and oxygen atoms in total. The molecule has 1 aromatic heterocycles. The summed E-state index contributed by atoms with van der Waals surface area (Å²) in [6, 6.07) is 1.92. The maximum absolute atomic E-state index is 11.7. The van der Waals surface area contributed by atoms with Gasteiger partial charge in [-0.3, -0.25) is 9.78 Å². The Labute approximate surface area is 78.0 Å². The molecular formula is C11H13NO. The SMILES string of the molecule is Cc1cncc(C(=O)C2CC2C)c1. The summed E-state index contributed by atoms with van der Waals surface area (Å²) in [5, 5.41) is 0. The quantitative estimate of drug-likeness (QED) is 0.645. The van der Waals surface area contributed by atoms with Crippen LogP contribution in [0.1, 0.15) is 29.3 Å². The van der Waals surface area contributed by atoms with E-state index in [2.05, 4.69) is 11.9 Å². The molecule has 0 radical (unpaired) electrons. The third-order valence-corrected chi connectivity index (χ3v) is 2.61. The highest BCUT2D eigenvalue weighted by Gasteiger charge is 2.39. The lowest BCUT2D eigenvalue weighted by Crippen LogP contribution is -2.03. The van der Waals surface area contributed by atoms with Crippen molar-refractivity contribution in [1.29, 1.82) is 0 Å². The number of nitrogens with zero attached hydrogens (tertiary/aromatic N) is 1. The molecule has 13 heavy (non-hydrogen) atoms. The van der Waals surface area contributed by atoms with Gasteiger partial charge in [0.2, 0.25) is 0 Å². The van der Waals surface area contributed by atoms with Crippen molar-refractivity contribution < 1.29 is 4.79 Å². The second-order valence-electron chi connectivity index (χ2n) is 3.93. The van der Waals surface area contributed by atoms with Gasteiger partial charge in [0.05, 0.1) is 0 Å². The molecule has 1 fully saturated rings. The molecule has 1 aliphatic rings. The summed E-state index contributed by atoms with van der Waals surface area (Å²) in [6.07, 6.45) is 4.49. The van der Waals surface area contributed by atoms with Crippen LogP contribution in [0.2, 0.25) is 0 Å². The van der Waals surface area contributed by atoms with Gasteiger partial charge in [0.1, 0.15) is 0 Å². The molecule has 0 bridgehead atoms. The Kier molecular flexibility index (Phi) is 1.91. The van der Waals surface area contributed by atoms with Crippen molar-refractivity contribution in [3.05, 3.63) is 29.6 Å². The first-order valence-corrected chi connectivity index (χ1v) is 4.64. The lowest BCUT2D eigenvalue weighted by atomic mass is 10.1. The third-order valence-electron chi connectivity index (χ3n) is 2.61. The van der Waals surface area contributed by atoms with Gasteiger partial charge in [0, 0.05) is 23.9 Å². The van der Waals surface area contributed by atoms with E-state index in [4.69, 9.17) is 0 Å². The second-order valence-corrected chi connectivity index (χ2v) is 3.93. The van der Waals surface area contributed by atoms with Crippen molar-refractivity contribution in [2.75, 3.05) is 0 Å². The van der Waals surface area contributed by atoms with Crippen LogP contribution in [0.4, 0.5) is 0 Å². The Morgan fingerprint density at radius 3 is 2.77 bits per heavy atom. The summed E-state index contributed by atoms with van der Waals surface area (Å²) in [6.45, 7) is 4.08. The highest BCUT2D eigenvalue weighted by molar-refractivity contribution is 5.99. The van der Waals surface area contributed by atoms with E-state index in [1.807, 2.05) is 13.0 Å². The van der Waals surface area contributed by atoms with Crippen LogP contribution in [-0.2, 0) is 0 Å². The summed E-state index contributed by atoms with van der Waals surface area (Å²) in [5.41, 5.74) is 1.83. The highest BCUT2D eigenvalue weighted by Crippen LogP contribution is 2.40. The van der Waals surface area contributed by atoms with Gasteiger partial charge < -0.3 is 0 Å². The molecule has 1 saturated carbocycles. The minimum Gasteiger partial charge on any atom is -0.294 e. The zero-order chi connectivity index (χ0) is 9.42. The van der Waals surface area contributed by atoms with Crippen molar-refractivity contribution in [3.63, 3.8) is 0 Å². The summed E-state index contributed by atoms with van der Waals surface area (Å²) in [5.74, 6) is 1.11. The predicted octanol–water partition coefficient (Wildman–Crippen LogP) is 2.23. The molecule has 2 unspecified atom stereocenters. The fraction of sp³-hybridized carbons (Fsp3) is 0.455. The highest BCUT2D eigenvalue weighted by atomic mass is 16.1. The van der Waals surface area contributed by atoms with Gasteiger partial charge in [-0.1, -0.05) is 6.92 Å². The third kappa shape index (κ3) is 1.62. The van der Waals surface area contributed by atoms with E-state index in [-0.39, 0.29) is 11.7 Å². The molecule has 2 heteroatoms. The molecular weight excluding hydrogens is 162 g/mol. The molecule has 0 N–H and O–H groups in total. The summed E-state index contributed by atoms with van der Waals surface area (Å²) in [4.78, 5) is 15.7. The molecule has 1 aromatic rings. The minimum absolute atomic E-state index is 0.267. The molecule has 2 rings (SSSR count). The van der Waals surface area contributed by atoms with Gasteiger partial charge >= 0.3 is 0 Å². The van der Waals surface area contributed by atoms with Crippen molar-refractivity contribution in [3.8, 4) is 0 Å². The Morgan fingerprint density at radius 2 is 2.23 bits per heavy atom. The number of hydrogen-bond acceptors (Lipinski definition) is 2.